The molecule has 6 heteroatoms. The second-order valence-corrected chi connectivity index (χ2v) is 3.22. The van der Waals surface area contributed by atoms with Gasteiger partial charge in [-0.2, -0.15) is 0 Å². The number of aromatic nitrogens is 1. The lowest BCUT2D eigenvalue weighted by atomic mass is 10.3. The van der Waals surface area contributed by atoms with Gasteiger partial charge in [-0.1, -0.05) is 12.1 Å². The second kappa shape index (κ2) is 4.48. The minimum Gasteiger partial charge on any atom is -0.450 e. The number of nitrogens with zero attached hydrogens (tertiary/aromatic N) is 1. The first-order valence-electron chi connectivity index (χ1n) is 4.77. The Kier molecular flexibility index (Phi) is 2.87. The molecule has 0 saturated carbocycles. The quantitative estimate of drug-likeness (QED) is 0.648. The number of hydrogen-bond donors (Lipinski definition) is 1. The molecule has 0 unspecified atom stereocenters. The van der Waals surface area contributed by atoms with Gasteiger partial charge in [-0.05, 0) is 12.1 Å². The first-order valence-corrected chi connectivity index (χ1v) is 4.77. The van der Waals surface area contributed by atoms with Crippen molar-refractivity contribution < 1.29 is 9.66 Å². The molecule has 6 nitrogen and oxygen atoms in total. The summed E-state index contributed by atoms with van der Waals surface area (Å²) in [4.78, 5) is 23.7. The summed E-state index contributed by atoms with van der Waals surface area (Å²) < 4.78 is 5.29. The lowest BCUT2D eigenvalue weighted by molar-refractivity contribution is -0.385. The fraction of sp³-hybridized carbons (Fsp3) is 0. The topological polar surface area (TPSA) is 85.2 Å². The largest absolute Gasteiger partial charge is 0.450 e. The molecule has 0 atom stereocenters. The third-order valence-corrected chi connectivity index (χ3v) is 2.04. The first-order chi connectivity index (χ1) is 8.16. The van der Waals surface area contributed by atoms with E-state index in [0.29, 0.717) is 0 Å². The summed E-state index contributed by atoms with van der Waals surface area (Å²) in [6.45, 7) is 0. The van der Waals surface area contributed by atoms with Crippen molar-refractivity contribution in [2.45, 2.75) is 0 Å². The fourth-order valence-corrected chi connectivity index (χ4v) is 1.31. The highest BCUT2D eigenvalue weighted by Crippen LogP contribution is 2.29. The highest BCUT2D eigenvalue weighted by atomic mass is 16.6. The Morgan fingerprint density at radius 1 is 1.24 bits per heavy atom. The Morgan fingerprint density at radius 2 is 2.00 bits per heavy atom. The first kappa shape index (κ1) is 10.9. The van der Waals surface area contributed by atoms with Gasteiger partial charge >= 0.3 is 5.69 Å². The van der Waals surface area contributed by atoms with Crippen LogP contribution in [-0.2, 0) is 0 Å². The van der Waals surface area contributed by atoms with Crippen LogP contribution in [0.4, 0.5) is 5.69 Å². The van der Waals surface area contributed by atoms with Crippen molar-refractivity contribution in [3.8, 4) is 11.5 Å². The van der Waals surface area contributed by atoms with Crippen LogP contribution in [0, 0.1) is 10.1 Å². The van der Waals surface area contributed by atoms with Crippen LogP contribution in [0.5, 0.6) is 11.5 Å². The van der Waals surface area contributed by atoms with Gasteiger partial charge in [0, 0.05) is 18.3 Å². The monoisotopic (exact) mass is 232 g/mol. The van der Waals surface area contributed by atoms with E-state index in [9.17, 15) is 14.9 Å². The molecule has 0 amide bonds. The minimum absolute atomic E-state index is 0.100. The average Bonchev–Trinajstić information content (AvgIpc) is 2.29. The van der Waals surface area contributed by atoms with Crippen LogP contribution >= 0.6 is 0 Å². The van der Waals surface area contributed by atoms with E-state index in [0.717, 1.165) is 0 Å². The smallest absolute Gasteiger partial charge is 0.311 e. The number of rotatable bonds is 3. The number of H-pyrrole nitrogens is 1. The highest BCUT2D eigenvalue weighted by Gasteiger charge is 2.14. The van der Waals surface area contributed by atoms with Crippen LogP contribution in [0.15, 0.2) is 47.4 Å². The van der Waals surface area contributed by atoms with E-state index in [1.807, 2.05) is 0 Å². The lowest BCUT2D eigenvalue weighted by Crippen LogP contribution is -2.02. The predicted octanol–water partition coefficient (Wildman–Crippen LogP) is 2.08. The van der Waals surface area contributed by atoms with Crippen LogP contribution in [0.25, 0.3) is 0 Å². The maximum Gasteiger partial charge on any atom is 0.311 e. The molecule has 0 bridgehead atoms. The maximum absolute atomic E-state index is 11.0. The van der Waals surface area contributed by atoms with Crippen molar-refractivity contribution in [3.63, 3.8) is 0 Å². The number of hydrogen-bond acceptors (Lipinski definition) is 4. The number of aromatic amines is 1. The van der Waals surface area contributed by atoms with Crippen molar-refractivity contribution in [2.24, 2.45) is 0 Å². The zero-order valence-corrected chi connectivity index (χ0v) is 8.62. The molecule has 86 valence electrons. The molecule has 0 aliphatic heterocycles. The molecule has 2 rings (SSSR count). The van der Waals surface area contributed by atoms with Crippen LogP contribution in [-0.4, -0.2) is 9.91 Å². The van der Waals surface area contributed by atoms with Crippen LogP contribution in [0.3, 0.4) is 0 Å². The van der Waals surface area contributed by atoms with Crippen LogP contribution < -0.4 is 10.3 Å². The normalized spacial score (nSPS) is 9.88. The molecule has 0 spiro atoms. The number of ether oxygens (including phenoxy) is 1. The van der Waals surface area contributed by atoms with Gasteiger partial charge in [0.15, 0.2) is 0 Å². The summed E-state index contributed by atoms with van der Waals surface area (Å²) in [7, 11) is 0. The number of nitrogens with one attached hydrogen (secondary N) is 1. The standard InChI is InChI=1S/C11H8N2O4/c14-11-7-8(5-6-12-11)17-10-4-2-1-3-9(10)13(15)16/h1-7H,(H,12,14). The Bertz CT molecular complexity index is 606. The molecule has 0 radical (unpaired) electrons. The highest BCUT2D eigenvalue weighted by molar-refractivity contribution is 5.47. The molecular weight excluding hydrogens is 224 g/mol. The summed E-state index contributed by atoms with van der Waals surface area (Å²) in [5.41, 5.74) is -0.478. The third-order valence-electron chi connectivity index (χ3n) is 2.04. The summed E-state index contributed by atoms with van der Waals surface area (Å²) in [6.07, 6.45) is 1.41. The Balaban J connectivity index is 2.36. The summed E-state index contributed by atoms with van der Waals surface area (Å²) in [6, 6.07) is 8.70. The Morgan fingerprint density at radius 3 is 2.71 bits per heavy atom. The number of nitro benzene ring substituents is 1. The van der Waals surface area contributed by atoms with Gasteiger partial charge in [-0.3, -0.25) is 14.9 Å². The van der Waals surface area contributed by atoms with Crippen molar-refractivity contribution in [3.05, 3.63) is 63.1 Å². The molecule has 17 heavy (non-hydrogen) atoms. The van der Waals surface area contributed by atoms with E-state index in [4.69, 9.17) is 4.74 Å². The molecular formula is C11H8N2O4. The molecule has 1 N–H and O–H groups in total. The summed E-state index contributed by atoms with van der Waals surface area (Å²) in [5, 5.41) is 10.7. The molecule has 1 heterocycles. The lowest BCUT2D eigenvalue weighted by Gasteiger charge is -2.04. The van der Waals surface area contributed by atoms with Gasteiger partial charge in [0.05, 0.1) is 4.92 Å². The Labute approximate surface area is 95.6 Å². The van der Waals surface area contributed by atoms with E-state index in [-0.39, 0.29) is 22.7 Å². The molecule has 0 saturated heterocycles. The molecule has 1 aromatic heterocycles. The molecule has 0 aliphatic carbocycles. The third kappa shape index (κ3) is 2.49. The van der Waals surface area contributed by atoms with E-state index >= 15 is 0 Å². The number of para-hydroxylation sites is 2. The minimum atomic E-state index is -0.539. The number of benzene rings is 1. The summed E-state index contributed by atoms with van der Waals surface area (Å²) >= 11 is 0. The van der Waals surface area contributed by atoms with E-state index in [2.05, 4.69) is 4.98 Å². The van der Waals surface area contributed by atoms with Gasteiger partial charge in [-0.15, -0.1) is 0 Å². The van der Waals surface area contributed by atoms with Gasteiger partial charge in [0.1, 0.15) is 5.75 Å². The van der Waals surface area contributed by atoms with Gasteiger partial charge in [-0.25, -0.2) is 0 Å². The fourth-order valence-electron chi connectivity index (χ4n) is 1.31. The maximum atomic E-state index is 11.0. The zero-order valence-electron chi connectivity index (χ0n) is 8.62. The van der Waals surface area contributed by atoms with Crippen molar-refractivity contribution in [1.82, 2.24) is 4.98 Å². The van der Waals surface area contributed by atoms with Gasteiger partial charge < -0.3 is 9.72 Å². The number of nitro groups is 1. The summed E-state index contributed by atoms with van der Waals surface area (Å²) in [5.74, 6) is 0.353. The van der Waals surface area contributed by atoms with Gasteiger partial charge in [0.2, 0.25) is 5.75 Å². The van der Waals surface area contributed by atoms with Crippen molar-refractivity contribution >= 4 is 5.69 Å². The molecule has 0 fully saturated rings. The zero-order chi connectivity index (χ0) is 12.3. The van der Waals surface area contributed by atoms with E-state index in [1.54, 1.807) is 12.1 Å². The Hall–Kier alpha value is -2.63. The number of pyridine rings is 1. The second-order valence-electron chi connectivity index (χ2n) is 3.22. The predicted molar refractivity (Wildman–Crippen MR) is 60.2 cm³/mol. The van der Waals surface area contributed by atoms with Crippen LogP contribution in [0.2, 0.25) is 0 Å². The van der Waals surface area contributed by atoms with Crippen LogP contribution in [0.1, 0.15) is 0 Å². The molecule has 2 aromatic rings. The average molecular weight is 232 g/mol. The molecule has 0 aliphatic rings. The van der Waals surface area contributed by atoms with Gasteiger partial charge in [0.25, 0.3) is 5.56 Å². The van der Waals surface area contributed by atoms with Crippen molar-refractivity contribution in [2.75, 3.05) is 0 Å². The SMILES string of the molecule is O=c1cc(Oc2ccccc2[N+](=O)[O-])cc[nH]1. The van der Waals surface area contributed by atoms with E-state index in [1.165, 1.54) is 30.5 Å². The molecule has 1 aromatic carbocycles. The van der Waals surface area contributed by atoms with Crippen molar-refractivity contribution in [1.29, 1.82) is 0 Å². The van der Waals surface area contributed by atoms with E-state index < -0.39 is 4.92 Å².